The van der Waals surface area contributed by atoms with Crippen LogP contribution in [0.4, 0.5) is 0 Å². The summed E-state index contributed by atoms with van der Waals surface area (Å²) in [5.74, 6) is 0. The van der Waals surface area contributed by atoms with E-state index in [-0.39, 0.29) is 0 Å². The molecule has 0 saturated carbocycles. The first-order valence-electron chi connectivity index (χ1n) is 12.7. The lowest BCUT2D eigenvalue weighted by atomic mass is 9.96. The second kappa shape index (κ2) is 8.36. The molecule has 1 heteroatoms. The standard InChI is InChI=1S/C34H32Si/c1-23-21-31-27(25-13-7-5-8-14-25)17-11-19-29(31)33(23)35(3,4)34-24(2)22-32-28(18-12-20-30(32)34)26-15-9-6-10-16-26/h5-20H,21-22H2,1-4H3. The maximum atomic E-state index is 2.58. The minimum atomic E-state index is -1.95. The fourth-order valence-electron chi connectivity index (χ4n) is 6.83. The first kappa shape index (κ1) is 22.1. The average Bonchev–Trinajstić information content (AvgIpc) is 3.41. The van der Waals surface area contributed by atoms with E-state index in [1.807, 2.05) is 0 Å². The Bertz CT molecular complexity index is 1390. The Kier molecular flexibility index (Phi) is 5.27. The highest BCUT2D eigenvalue weighted by molar-refractivity contribution is 7.09. The molecular formula is C34H32Si. The van der Waals surface area contributed by atoms with Gasteiger partial charge in [0.05, 0.1) is 0 Å². The minimum Gasteiger partial charge on any atom is -0.0686 e. The van der Waals surface area contributed by atoms with Crippen molar-refractivity contribution in [2.24, 2.45) is 0 Å². The van der Waals surface area contributed by atoms with Gasteiger partial charge in [-0.15, -0.1) is 0 Å². The normalized spacial score (nSPS) is 15.0. The van der Waals surface area contributed by atoms with Gasteiger partial charge in [0.15, 0.2) is 0 Å². The topological polar surface area (TPSA) is 0 Å². The van der Waals surface area contributed by atoms with Gasteiger partial charge in [-0.3, -0.25) is 0 Å². The molecule has 172 valence electrons. The van der Waals surface area contributed by atoms with Crippen molar-refractivity contribution in [1.29, 1.82) is 0 Å². The molecule has 0 spiro atoms. The molecule has 0 radical (unpaired) electrons. The second-order valence-corrected chi connectivity index (χ2v) is 14.9. The summed E-state index contributed by atoms with van der Waals surface area (Å²) >= 11 is 0. The summed E-state index contributed by atoms with van der Waals surface area (Å²) in [6.45, 7) is 9.93. The van der Waals surface area contributed by atoms with Gasteiger partial charge >= 0.3 is 0 Å². The van der Waals surface area contributed by atoms with Crippen molar-refractivity contribution >= 4 is 18.5 Å². The van der Waals surface area contributed by atoms with Gasteiger partial charge in [-0.25, -0.2) is 0 Å². The lowest BCUT2D eigenvalue weighted by Gasteiger charge is -2.30. The Hall–Kier alpha value is -3.42. The van der Waals surface area contributed by atoms with Crippen molar-refractivity contribution in [2.45, 2.75) is 39.8 Å². The summed E-state index contributed by atoms with van der Waals surface area (Å²) in [6.07, 6.45) is 2.13. The van der Waals surface area contributed by atoms with Crippen molar-refractivity contribution in [3.05, 3.63) is 130 Å². The molecule has 6 rings (SSSR count). The summed E-state index contributed by atoms with van der Waals surface area (Å²) < 4.78 is 0. The Labute approximate surface area is 210 Å². The molecule has 2 aliphatic rings. The van der Waals surface area contributed by atoms with Crippen LogP contribution < -0.4 is 0 Å². The molecule has 0 heterocycles. The third-order valence-corrected chi connectivity index (χ3v) is 11.9. The Morgan fingerprint density at radius 3 is 1.23 bits per heavy atom. The summed E-state index contributed by atoms with van der Waals surface area (Å²) in [5, 5.41) is 3.30. The zero-order chi connectivity index (χ0) is 24.2. The van der Waals surface area contributed by atoms with Gasteiger partial charge in [0.2, 0.25) is 0 Å². The lowest BCUT2D eigenvalue weighted by molar-refractivity contribution is 1.19. The summed E-state index contributed by atoms with van der Waals surface area (Å²) in [6, 6.07) is 35.7. The molecule has 0 aliphatic heterocycles. The van der Waals surface area contributed by atoms with E-state index in [2.05, 4.69) is 124 Å². The quantitative estimate of drug-likeness (QED) is 0.262. The van der Waals surface area contributed by atoms with E-state index in [4.69, 9.17) is 0 Å². The molecule has 35 heavy (non-hydrogen) atoms. The number of rotatable bonds is 4. The van der Waals surface area contributed by atoms with Gasteiger partial charge in [-0.2, -0.15) is 0 Å². The van der Waals surface area contributed by atoms with Crippen LogP contribution in [0.5, 0.6) is 0 Å². The Morgan fingerprint density at radius 1 is 0.457 bits per heavy atom. The molecule has 2 aliphatic carbocycles. The van der Waals surface area contributed by atoms with Gasteiger partial charge in [0.25, 0.3) is 0 Å². The highest BCUT2D eigenvalue weighted by Crippen LogP contribution is 2.50. The van der Waals surface area contributed by atoms with Crippen molar-refractivity contribution in [2.75, 3.05) is 0 Å². The van der Waals surface area contributed by atoms with Gasteiger partial charge < -0.3 is 0 Å². The van der Waals surface area contributed by atoms with Crippen LogP contribution in [0.3, 0.4) is 0 Å². The number of fused-ring (bicyclic) bond motifs is 2. The maximum absolute atomic E-state index is 2.58. The molecule has 0 fully saturated rings. The zero-order valence-corrected chi connectivity index (χ0v) is 22.2. The molecule has 4 aromatic carbocycles. The molecular weight excluding hydrogens is 436 g/mol. The largest absolute Gasteiger partial charge is 0.113 e. The Morgan fingerprint density at radius 2 is 0.829 bits per heavy atom. The van der Waals surface area contributed by atoms with Crippen LogP contribution in [0.15, 0.2) is 108 Å². The van der Waals surface area contributed by atoms with Gasteiger partial charge in [0, 0.05) is 0 Å². The van der Waals surface area contributed by atoms with Crippen LogP contribution >= 0.6 is 0 Å². The summed E-state index contributed by atoms with van der Waals surface area (Å²) in [5.41, 5.74) is 14.6. The van der Waals surface area contributed by atoms with Crippen LogP contribution in [0, 0.1) is 0 Å². The minimum absolute atomic E-state index is 1.06. The molecule has 0 atom stereocenters. The van der Waals surface area contributed by atoms with Crippen molar-refractivity contribution in [3.8, 4) is 22.3 Å². The number of allylic oxidation sites excluding steroid dienone is 2. The van der Waals surface area contributed by atoms with Crippen LogP contribution in [0.1, 0.15) is 36.1 Å². The average molecular weight is 469 g/mol. The van der Waals surface area contributed by atoms with Crippen LogP contribution in [0.25, 0.3) is 32.6 Å². The molecule has 0 saturated heterocycles. The predicted octanol–water partition coefficient (Wildman–Crippen LogP) is 9.17. The van der Waals surface area contributed by atoms with Crippen LogP contribution in [-0.4, -0.2) is 8.07 Å². The zero-order valence-electron chi connectivity index (χ0n) is 21.2. The molecule has 0 bridgehead atoms. The smallest absolute Gasteiger partial charge is 0.0686 e. The lowest BCUT2D eigenvalue weighted by Crippen LogP contribution is -2.31. The highest BCUT2D eigenvalue weighted by atomic mass is 28.3. The first-order valence-corrected chi connectivity index (χ1v) is 15.7. The predicted molar refractivity (Wildman–Crippen MR) is 154 cm³/mol. The fraction of sp³-hybridized carbons (Fsp3) is 0.176. The van der Waals surface area contributed by atoms with E-state index in [0.29, 0.717) is 0 Å². The molecule has 0 aromatic heterocycles. The number of hydrogen-bond acceptors (Lipinski definition) is 0. The first-order chi connectivity index (χ1) is 17.0. The Balaban J connectivity index is 1.47. The van der Waals surface area contributed by atoms with Crippen LogP contribution in [0.2, 0.25) is 13.1 Å². The number of benzene rings is 4. The van der Waals surface area contributed by atoms with Gasteiger partial charge in [0.1, 0.15) is 8.07 Å². The number of hydrogen-bond donors (Lipinski definition) is 0. The summed E-state index contributed by atoms with van der Waals surface area (Å²) in [7, 11) is -1.95. The highest BCUT2D eigenvalue weighted by Gasteiger charge is 2.41. The maximum Gasteiger partial charge on any atom is 0.113 e. The fourth-order valence-corrected chi connectivity index (χ4v) is 11.2. The molecule has 0 amide bonds. The van der Waals surface area contributed by atoms with Gasteiger partial charge in [-0.05, 0) is 81.6 Å². The van der Waals surface area contributed by atoms with E-state index >= 15 is 0 Å². The van der Waals surface area contributed by atoms with E-state index in [0.717, 1.165) is 12.8 Å². The third-order valence-electron chi connectivity index (χ3n) is 8.05. The van der Waals surface area contributed by atoms with Crippen LogP contribution in [-0.2, 0) is 12.8 Å². The van der Waals surface area contributed by atoms with E-state index < -0.39 is 8.07 Å². The molecule has 0 nitrogen and oxygen atoms in total. The van der Waals surface area contributed by atoms with Crippen molar-refractivity contribution < 1.29 is 0 Å². The van der Waals surface area contributed by atoms with Crippen molar-refractivity contribution in [3.63, 3.8) is 0 Å². The van der Waals surface area contributed by atoms with E-state index in [1.54, 1.807) is 21.5 Å². The van der Waals surface area contributed by atoms with E-state index in [1.165, 1.54) is 44.5 Å². The monoisotopic (exact) mass is 468 g/mol. The van der Waals surface area contributed by atoms with E-state index in [9.17, 15) is 0 Å². The second-order valence-electron chi connectivity index (χ2n) is 10.7. The molecule has 4 aromatic rings. The SMILES string of the molecule is CC1=C([Si](C)(C)C2=C(C)Cc3c2cccc3-c2ccccc2)c2cccc(-c3ccccc3)c2C1. The third kappa shape index (κ3) is 3.49. The van der Waals surface area contributed by atoms with Gasteiger partial charge in [-0.1, -0.05) is 121 Å². The molecule has 0 N–H and O–H groups in total. The van der Waals surface area contributed by atoms with Crippen molar-refractivity contribution in [1.82, 2.24) is 0 Å². The summed E-state index contributed by atoms with van der Waals surface area (Å²) in [4.78, 5) is 0. The molecule has 0 unspecified atom stereocenters.